The van der Waals surface area contributed by atoms with E-state index in [0.717, 1.165) is 22.0 Å². The molecule has 1 aliphatic heterocycles. The van der Waals surface area contributed by atoms with E-state index in [1.54, 1.807) is 11.3 Å². The number of aromatic nitrogens is 1. The molecule has 1 aromatic carbocycles. The molecule has 1 unspecified atom stereocenters. The van der Waals surface area contributed by atoms with Gasteiger partial charge in [-0.1, -0.05) is 12.1 Å². The lowest BCUT2D eigenvalue weighted by Gasteiger charge is -2.12. The van der Waals surface area contributed by atoms with Crippen molar-refractivity contribution in [2.75, 3.05) is 16.8 Å². The van der Waals surface area contributed by atoms with Crippen LogP contribution >= 0.6 is 11.3 Å². The van der Waals surface area contributed by atoms with Gasteiger partial charge in [0.05, 0.1) is 22.2 Å². The molecule has 0 radical (unpaired) electrons. The fraction of sp³-hybridized carbons (Fsp3) is 0.357. The average Bonchev–Trinajstić information content (AvgIpc) is 2.97. The van der Waals surface area contributed by atoms with E-state index in [9.17, 15) is 8.42 Å². The molecular weight excluding hydrogens is 292 g/mol. The van der Waals surface area contributed by atoms with Crippen molar-refractivity contribution < 1.29 is 8.42 Å². The lowest BCUT2D eigenvalue weighted by atomic mass is 10.1. The highest BCUT2D eigenvalue weighted by molar-refractivity contribution is 7.91. The van der Waals surface area contributed by atoms with Crippen molar-refractivity contribution in [3.63, 3.8) is 0 Å². The minimum atomic E-state index is -2.84. The quantitative estimate of drug-likeness (QED) is 0.947. The molecule has 0 spiro atoms. The molecule has 2 aromatic rings. The number of hydrogen-bond acceptors (Lipinski definition) is 5. The van der Waals surface area contributed by atoms with Crippen molar-refractivity contribution in [3.8, 4) is 11.3 Å². The highest BCUT2D eigenvalue weighted by Crippen LogP contribution is 2.24. The van der Waals surface area contributed by atoms with Gasteiger partial charge in [0, 0.05) is 22.7 Å². The van der Waals surface area contributed by atoms with E-state index in [-0.39, 0.29) is 11.8 Å². The first-order valence-corrected chi connectivity index (χ1v) is 9.21. The Balaban J connectivity index is 1.71. The summed E-state index contributed by atoms with van der Waals surface area (Å²) in [6.07, 6.45) is 0.690. The Morgan fingerprint density at radius 2 is 2.05 bits per heavy atom. The summed E-state index contributed by atoms with van der Waals surface area (Å²) in [5, 5.41) is 6.38. The average molecular weight is 308 g/mol. The lowest BCUT2D eigenvalue weighted by Crippen LogP contribution is -2.20. The maximum atomic E-state index is 11.4. The smallest absolute Gasteiger partial charge is 0.152 e. The van der Waals surface area contributed by atoms with Crippen molar-refractivity contribution in [2.24, 2.45) is 0 Å². The van der Waals surface area contributed by atoms with Gasteiger partial charge in [0.1, 0.15) is 0 Å². The van der Waals surface area contributed by atoms with E-state index >= 15 is 0 Å². The van der Waals surface area contributed by atoms with Crippen LogP contribution in [0.15, 0.2) is 29.6 Å². The Hall–Kier alpha value is -1.40. The molecule has 6 heteroatoms. The van der Waals surface area contributed by atoms with Gasteiger partial charge in [0.25, 0.3) is 0 Å². The monoisotopic (exact) mass is 308 g/mol. The van der Waals surface area contributed by atoms with E-state index < -0.39 is 9.84 Å². The van der Waals surface area contributed by atoms with Crippen molar-refractivity contribution >= 4 is 26.9 Å². The molecular formula is C14H16N2O2S2. The number of rotatable bonds is 3. The molecule has 3 rings (SSSR count). The Bertz CT molecular complexity index is 705. The summed E-state index contributed by atoms with van der Waals surface area (Å²) in [4.78, 5) is 4.45. The summed E-state index contributed by atoms with van der Waals surface area (Å²) in [5.41, 5.74) is 3.03. The number of anilines is 1. The fourth-order valence-electron chi connectivity index (χ4n) is 2.38. The van der Waals surface area contributed by atoms with Gasteiger partial charge in [-0.15, -0.1) is 11.3 Å². The zero-order chi connectivity index (χ0) is 14.2. The molecule has 106 valence electrons. The minimum absolute atomic E-state index is 0.0346. The molecule has 0 aliphatic carbocycles. The molecule has 1 aromatic heterocycles. The molecule has 1 N–H and O–H groups in total. The predicted octanol–water partition coefficient (Wildman–Crippen LogP) is 2.72. The number of nitrogens with one attached hydrogen (secondary N) is 1. The van der Waals surface area contributed by atoms with Crippen LogP contribution in [0.4, 0.5) is 5.69 Å². The third-order valence-corrected chi connectivity index (χ3v) is 5.94. The van der Waals surface area contributed by atoms with Crippen LogP contribution in [0, 0.1) is 6.92 Å². The van der Waals surface area contributed by atoms with Gasteiger partial charge < -0.3 is 5.32 Å². The summed E-state index contributed by atoms with van der Waals surface area (Å²) >= 11 is 1.64. The van der Waals surface area contributed by atoms with Crippen LogP contribution in [0.3, 0.4) is 0 Å². The Kier molecular flexibility index (Phi) is 3.52. The SMILES string of the molecule is Cc1nc(-c2ccc(NC3CCS(=O)(=O)C3)cc2)cs1. The van der Waals surface area contributed by atoms with Crippen LogP contribution in [-0.2, 0) is 9.84 Å². The topological polar surface area (TPSA) is 59.1 Å². The van der Waals surface area contributed by atoms with E-state index in [1.165, 1.54) is 0 Å². The Morgan fingerprint density at radius 3 is 2.60 bits per heavy atom. The summed E-state index contributed by atoms with van der Waals surface area (Å²) in [5.74, 6) is 0.529. The van der Waals surface area contributed by atoms with Gasteiger partial charge in [0.15, 0.2) is 9.84 Å². The van der Waals surface area contributed by atoms with Crippen molar-refractivity contribution in [1.82, 2.24) is 4.98 Å². The van der Waals surface area contributed by atoms with Crippen LogP contribution in [0.1, 0.15) is 11.4 Å². The first-order chi connectivity index (χ1) is 9.52. The zero-order valence-electron chi connectivity index (χ0n) is 11.2. The van der Waals surface area contributed by atoms with Gasteiger partial charge in [-0.25, -0.2) is 13.4 Å². The molecule has 1 fully saturated rings. The highest BCUT2D eigenvalue weighted by Gasteiger charge is 2.27. The second-order valence-electron chi connectivity index (χ2n) is 5.07. The first kappa shape index (κ1) is 13.6. The number of benzene rings is 1. The number of thiazole rings is 1. The first-order valence-electron chi connectivity index (χ1n) is 6.51. The molecule has 1 aliphatic rings. The van der Waals surface area contributed by atoms with Gasteiger partial charge in [-0.3, -0.25) is 0 Å². The van der Waals surface area contributed by atoms with E-state index in [2.05, 4.69) is 10.3 Å². The zero-order valence-corrected chi connectivity index (χ0v) is 12.8. The van der Waals surface area contributed by atoms with E-state index in [0.29, 0.717) is 12.2 Å². The van der Waals surface area contributed by atoms with Gasteiger partial charge in [-0.05, 0) is 25.5 Å². The standard InChI is InChI=1S/C14H16N2O2S2/c1-10-15-14(8-19-10)11-2-4-12(5-3-11)16-13-6-7-20(17,18)9-13/h2-5,8,13,16H,6-7,9H2,1H3. The van der Waals surface area contributed by atoms with Crippen molar-refractivity contribution in [1.29, 1.82) is 0 Å². The second kappa shape index (κ2) is 5.18. The largest absolute Gasteiger partial charge is 0.381 e. The maximum Gasteiger partial charge on any atom is 0.152 e. The van der Waals surface area contributed by atoms with Crippen LogP contribution < -0.4 is 5.32 Å². The van der Waals surface area contributed by atoms with Crippen molar-refractivity contribution in [2.45, 2.75) is 19.4 Å². The Morgan fingerprint density at radius 1 is 1.30 bits per heavy atom. The summed E-state index contributed by atoms with van der Waals surface area (Å²) in [7, 11) is -2.84. The lowest BCUT2D eigenvalue weighted by molar-refractivity contribution is 0.602. The van der Waals surface area contributed by atoms with E-state index in [1.807, 2.05) is 36.6 Å². The number of aryl methyl sites for hydroxylation is 1. The summed E-state index contributed by atoms with van der Waals surface area (Å²) < 4.78 is 22.9. The van der Waals surface area contributed by atoms with Gasteiger partial charge >= 0.3 is 0 Å². The summed E-state index contributed by atoms with van der Waals surface area (Å²) in [6.45, 7) is 1.99. The maximum absolute atomic E-state index is 11.4. The third kappa shape index (κ3) is 3.02. The van der Waals surface area contributed by atoms with Crippen molar-refractivity contribution in [3.05, 3.63) is 34.7 Å². The molecule has 1 saturated heterocycles. The molecule has 20 heavy (non-hydrogen) atoms. The van der Waals surface area contributed by atoms with Gasteiger partial charge in [-0.2, -0.15) is 0 Å². The number of sulfone groups is 1. The third-order valence-electron chi connectivity index (χ3n) is 3.40. The van der Waals surface area contributed by atoms with Crippen LogP contribution in [-0.4, -0.2) is 30.9 Å². The minimum Gasteiger partial charge on any atom is -0.381 e. The molecule has 4 nitrogen and oxygen atoms in total. The molecule has 1 atom stereocenters. The molecule has 2 heterocycles. The molecule has 0 saturated carbocycles. The normalized spacial score (nSPS) is 20.9. The molecule has 0 amide bonds. The number of nitrogens with zero attached hydrogens (tertiary/aromatic N) is 1. The fourth-order valence-corrected chi connectivity index (χ4v) is 4.67. The van der Waals surface area contributed by atoms with Crippen LogP contribution in [0.25, 0.3) is 11.3 Å². The predicted molar refractivity (Wildman–Crippen MR) is 83.0 cm³/mol. The highest BCUT2D eigenvalue weighted by atomic mass is 32.2. The van der Waals surface area contributed by atoms with Crippen LogP contribution in [0.5, 0.6) is 0 Å². The second-order valence-corrected chi connectivity index (χ2v) is 8.36. The Labute approximate surface area is 122 Å². The van der Waals surface area contributed by atoms with Crippen LogP contribution in [0.2, 0.25) is 0 Å². The van der Waals surface area contributed by atoms with E-state index in [4.69, 9.17) is 0 Å². The number of hydrogen-bond donors (Lipinski definition) is 1. The summed E-state index contributed by atoms with van der Waals surface area (Å²) in [6, 6.07) is 8.03. The molecule has 0 bridgehead atoms. The van der Waals surface area contributed by atoms with Gasteiger partial charge in [0.2, 0.25) is 0 Å².